The van der Waals surface area contributed by atoms with Crippen molar-refractivity contribution in [1.82, 2.24) is 15.1 Å². The summed E-state index contributed by atoms with van der Waals surface area (Å²) in [6, 6.07) is 4.23. The van der Waals surface area contributed by atoms with Crippen molar-refractivity contribution in [3.8, 4) is 0 Å². The Kier molecular flexibility index (Phi) is 6.55. The number of halogens is 3. The molecule has 31 heavy (non-hydrogen) atoms. The molecule has 4 rings (SSSR count). The monoisotopic (exact) mass is 437 g/mol. The van der Waals surface area contributed by atoms with Crippen molar-refractivity contribution < 1.29 is 22.8 Å². The van der Waals surface area contributed by atoms with Crippen molar-refractivity contribution in [1.29, 1.82) is 0 Å². The van der Waals surface area contributed by atoms with Gasteiger partial charge in [-0.15, -0.1) is 0 Å². The predicted octanol–water partition coefficient (Wildman–Crippen LogP) is 3.55. The number of piperazine rings is 1. The van der Waals surface area contributed by atoms with Crippen LogP contribution in [-0.4, -0.2) is 60.4 Å². The lowest BCUT2D eigenvalue weighted by molar-refractivity contribution is -0.137. The standard InChI is InChI=1S/C23H30F3N3O2/c24-23(25,26)19-9-7-18(8-10-19)22(31)29-13-11-28(12-14-29)20(17-3-1-2-4-17)21(30)27-15-16-5-6-16/h7-10,16-17,20H,1-6,11-15H2,(H,27,30). The van der Waals surface area contributed by atoms with Crippen molar-refractivity contribution in [2.24, 2.45) is 11.8 Å². The summed E-state index contributed by atoms with van der Waals surface area (Å²) in [5.74, 6) is 0.841. The van der Waals surface area contributed by atoms with Crippen molar-refractivity contribution in [2.75, 3.05) is 32.7 Å². The highest BCUT2D eigenvalue weighted by Gasteiger charge is 2.38. The minimum Gasteiger partial charge on any atom is -0.354 e. The lowest BCUT2D eigenvalue weighted by Gasteiger charge is -2.40. The van der Waals surface area contributed by atoms with Crippen LogP contribution in [0.1, 0.15) is 54.4 Å². The summed E-state index contributed by atoms with van der Waals surface area (Å²) < 4.78 is 38.3. The zero-order valence-corrected chi connectivity index (χ0v) is 17.7. The quantitative estimate of drug-likeness (QED) is 0.741. The molecule has 0 spiro atoms. The summed E-state index contributed by atoms with van der Waals surface area (Å²) in [6.45, 7) is 2.90. The highest BCUT2D eigenvalue weighted by Crippen LogP contribution is 2.32. The van der Waals surface area contributed by atoms with E-state index >= 15 is 0 Å². The summed E-state index contributed by atoms with van der Waals surface area (Å²) in [5, 5.41) is 3.14. The van der Waals surface area contributed by atoms with Gasteiger partial charge in [0.25, 0.3) is 5.91 Å². The molecule has 1 aliphatic heterocycles. The van der Waals surface area contributed by atoms with Crippen LogP contribution in [0, 0.1) is 11.8 Å². The number of hydrogen-bond acceptors (Lipinski definition) is 3. The van der Waals surface area contributed by atoms with Crippen LogP contribution in [0.5, 0.6) is 0 Å². The number of alkyl halides is 3. The molecule has 3 fully saturated rings. The fourth-order valence-corrected chi connectivity index (χ4v) is 4.81. The number of nitrogens with zero attached hydrogens (tertiary/aromatic N) is 2. The molecule has 1 unspecified atom stereocenters. The minimum atomic E-state index is -4.41. The first kappa shape index (κ1) is 22.1. The lowest BCUT2D eigenvalue weighted by Crippen LogP contribution is -2.58. The van der Waals surface area contributed by atoms with Gasteiger partial charge in [-0.2, -0.15) is 13.2 Å². The smallest absolute Gasteiger partial charge is 0.354 e. The molecule has 8 heteroatoms. The Morgan fingerprint density at radius 2 is 1.58 bits per heavy atom. The highest BCUT2D eigenvalue weighted by atomic mass is 19.4. The van der Waals surface area contributed by atoms with Gasteiger partial charge >= 0.3 is 6.18 Å². The number of hydrogen-bond donors (Lipinski definition) is 1. The van der Waals surface area contributed by atoms with E-state index in [1.54, 1.807) is 4.90 Å². The second-order valence-electron chi connectivity index (χ2n) is 9.08. The Morgan fingerprint density at radius 1 is 0.968 bits per heavy atom. The van der Waals surface area contributed by atoms with E-state index < -0.39 is 11.7 Å². The van der Waals surface area contributed by atoms with Gasteiger partial charge in [0.1, 0.15) is 0 Å². The second-order valence-corrected chi connectivity index (χ2v) is 9.08. The van der Waals surface area contributed by atoms with Crippen molar-refractivity contribution in [3.63, 3.8) is 0 Å². The molecule has 1 heterocycles. The predicted molar refractivity (Wildman–Crippen MR) is 110 cm³/mol. The van der Waals surface area contributed by atoms with Gasteiger partial charge in [-0.05, 0) is 61.8 Å². The molecule has 2 amide bonds. The van der Waals surface area contributed by atoms with E-state index in [-0.39, 0.29) is 23.4 Å². The van der Waals surface area contributed by atoms with Gasteiger partial charge < -0.3 is 10.2 Å². The third-order valence-electron chi connectivity index (χ3n) is 6.83. The number of amides is 2. The fraction of sp³-hybridized carbons (Fsp3) is 0.652. The third kappa shape index (κ3) is 5.40. The van der Waals surface area contributed by atoms with Crippen LogP contribution in [-0.2, 0) is 11.0 Å². The average Bonchev–Trinajstić information content (AvgIpc) is 3.45. The van der Waals surface area contributed by atoms with E-state index in [0.717, 1.165) is 44.4 Å². The van der Waals surface area contributed by atoms with Gasteiger partial charge in [0.15, 0.2) is 0 Å². The van der Waals surface area contributed by atoms with Gasteiger partial charge in [0.05, 0.1) is 11.6 Å². The van der Waals surface area contributed by atoms with Gasteiger partial charge in [0.2, 0.25) is 5.91 Å². The number of rotatable bonds is 6. The van der Waals surface area contributed by atoms with Crippen molar-refractivity contribution in [3.05, 3.63) is 35.4 Å². The highest BCUT2D eigenvalue weighted by molar-refractivity contribution is 5.94. The van der Waals surface area contributed by atoms with Gasteiger partial charge in [-0.3, -0.25) is 14.5 Å². The first-order valence-electron chi connectivity index (χ1n) is 11.3. The number of nitrogens with one attached hydrogen (secondary N) is 1. The number of carbonyl (C=O) groups is 2. The largest absolute Gasteiger partial charge is 0.416 e. The van der Waals surface area contributed by atoms with E-state index in [1.807, 2.05) is 0 Å². The van der Waals surface area contributed by atoms with Gasteiger partial charge in [0, 0.05) is 38.3 Å². The van der Waals surface area contributed by atoms with E-state index in [2.05, 4.69) is 10.2 Å². The van der Waals surface area contributed by atoms with Crippen LogP contribution < -0.4 is 5.32 Å². The van der Waals surface area contributed by atoms with E-state index in [0.29, 0.717) is 38.0 Å². The molecular formula is C23H30F3N3O2. The molecule has 1 N–H and O–H groups in total. The summed E-state index contributed by atoms with van der Waals surface area (Å²) in [7, 11) is 0. The summed E-state index contributed by atoms with van der Waals surface area (Å²) in [4.78, 5) is 29.6. The Bertz CT molecular complexity index is 778. The minimum absolute atomic E-state index is 0.112. The van der Waals surface area contributed by atoms with Crippen LogP contribution >= 0.6 is 0 Å². The van der Waals surface area contributed by atoms with E-state index in [4.69, 9.17) is 0 Å². The maximum atomic E-state index is 13.0. The Morgan fingerprint density at radius 3 is 2.13 bits per heavy atom. The lowest BCUT2D eigenvalue weighted by atomic mass is 9.95. The molecular weight excluding hydrogens is 407 g/mol. The molecule has 2 aliphatic carbocycles. The fourth-order valence-electron chi connectivity index (χ4n) is 4.81. The maximum Gasteiger partial charge on any atom is 0.416 e. The second kappa shape index (κ2) is 9.18. The third-order valence-corrected chi connectivity index (χ3v) is 6.83. The van der Waals surface area contributed by atoms with Gasteiger partial charge in [-0.1, -0.05) is 12.8 Å². The summed E-state index contributed by atoms with van der Waals surface area (Å²) in [5.41, 5.74) is -0.499. The Labute approximate surface area is 181 Å². The van der Waals surface area contributed by atoms with E-state index in [9.17, 15) is 22.8 Å². The molecule has 1 atom stereocenters. The van der Waals surface area contributed by atoms with E-state index in [1.165, 1.54) is 25.0 Å². The molecule has 3 aliphatic rings. The van der Waals surface area contributed by atoms with Crippen LogP contribution in [0.4, 0.5) is 13.2 Å². The zero-order valence-electron chi connectivity index (χ0n) is 17.7. The summed E-state index contributed by atoms with van der Waals surface area (Å²) in [6.07, 6.45) is 2.41. The molecule has 170 valence electrons. The Hall–Kier alpha value is -2.09. The molecule has 1 aromatic carbocycles. The molecule has 1 aromatic rings. The molecule has 1 saturated heterocycles. The van der Waals surface area contributed by atoms with Crippen LogP contribution in [0.15, 0.2) is 24.3 Å². The molecule has 2 saturated carbocycles. The van der Waals surface area contributed by atoms with Crippen LogP contribution in [0.25, 0.3) is 0 Å². The maximum absolute atomic E-state index is 13.0. The topological polar surface area (TPSA) is 52.7 Å². The number of carbonyl (C=O) groups excluding carboxylic acids is 2. The SMILES string of the molecule is O=C(NCC1CC1)C(C1CCCC1)N1CCN(C(=O)c2ccc(C(F)(F)F)cc2)CC1. The van der Waals surface area contributed by atoms with Crippen LogP contribution in [0.2, 0.25) is 0 Å². The van der Waals surface area contributed by atoms with Crippen molar-refractivity contribution in [2.45, 2.75) is 50.7 Å². The average molecular weight is 438 g/mol. The normalized spacial score (nSPS) is 21.8. The first-order valence-corrected chi connectivity index (χ1v) is 11.3. The molecule has 0 bridgehead atoms. The Balaban J connectivity index is 1.36. The molecule has 0 aromatic heterocycles. The van der Waals surface area contributed by atoms with Crippen molar-refractivity contribution >= 4 is 11.8 Å². The van der Waals surface area contributed by atoms with Crippen LogP contribution in [0.3, 0.4) is 0 Å². The molecule has 5 nitrogen and oxygen atoms in total. The summed E-state index contributed by atoms with van der Waals surface area (Å²) >= 11 is 0. The van der Waals surface area contributed by atoms with Gasteiger partial charge in [-0.25, -0.2) is 0 Å². The number of benzene rings is 1. The first-order chi connectivity index (χ1) is 14.8. The molecule has 0 radical (unpaired) electrons. The zero-order chi connectivity index (χ0) is 22.0.